The fourth-order valence-corrected chi connectivity index (χ4v) is 2.61. The zero-order chi connectivity index (χ0) is 18.7. The monoisotopic (exact) mass is 352 g/mol. The molecular weight excluding hydrogens is 331 g/mol. The standard InChI is InChI=1S/C19H21FN6/c1-4-14(21)13-8-9-15(24-19(13)23-12(2)3)16-10-11-22-26(16)18-7-5-6-17(20)25-18/h5-12,21H,4H2,1-3H3,(H,23,24). The number of aromatic nitrogens is 4. The number of pyridine rings is 2. The first-order chi connectivity index (χ1) is 12.5. The predicted molar refractivity (Wildman–Crippen MR) is 100 cm³/mol. The summed E-state index contributed by atoms with van der Waals surface area (Å²) in [7, 11) is 0. The SMILES string of the molecule is CCC(=N)c1ccc(-c2ccnn2-c2cccc(F)n2)nc1NC(C)C. The predicted octanol–water partition coefficient (Wildman–Crippen LogP) is 4.07. The maximum Gasteiger partial charge on any atom is 0.214 e. The number of anilines is 1. The molecule has 0 radical (unpaired) electrons. The van der Waals surface area contributed by atoms with Crippen molar-refractivity contribution in [1.82, 2.24) is 19.7 Å². The Bertz CT molecular complexity index is 931. The summed E-state index contributed by atoms with van der Waals surface area (Å²) in [5.74, 6) is 0.477. The molecule has 3 heterocycles. The van der Waals surface area contributed by atoms with Gasteiger partial charge in [0.15, 0.2) is 5.82 Å². The van der Waals surface area contributed by atoms with E-state index in [0.717, 1.165) is 5.56 Å². The van der Waals surface area contributed by atoms with Gasteiger partial charge in [-0.25, -0.2) is 14.6 Å². The molecule has 3 rings (SSSR count). The number of nitrogens with zero attached hydrogens (tertiary/aromatic N) is 4. The lowest BCUT2D eigenvalue weighted by atomic mass is 10.1. The minimum Gasteiger partial charge on any atom is -0.367 e. The maximum atomic E-state index is 13.5. The van der Waals surface area contributed by atoms with Crippen LogP contribution in [0, 0.1) is 11.4 Å². The van der Waals surface area contributed by atoms with Gasteiger partial charge in [0.2, 0.25) is 5.95 Å². The molecule has 0 amide bonds. The van der Waals surface area contributed by atoms with Gasteiger partial charge in [0.25, 0.3) is 0 Å². The van der Waals surface area contributed by atoms with Gasteiger partial charge >= 0.3 is 0 Å². The summed E-state index contributed by atoms with van der Waals surface area (Å²) in [4.78, 5) is 8.59. The summed E-state index contributed by atoms with van der Waals surface area (Å²) in [6, 6.07) is 10.3. The second kappa shape index (κ2) is 7.43. The minimum absolute atomic E-state index is 0.177. The quantitative estimate of drug-likeness (QED) is 0.518. The molecule has 6 nitrogen and oxygen atoms in total. The third kappa shape index (κ3) is 3.61. The molecule has 0 aliphatic rings. The van der Waals surface area contributed by atoms with Gasteiger partial charge < -0.3 is 10.7 Å². The lowest BCUT2D eigenvalue weighted by Crippen LogP contribution is -2.15. The molecule has 0 aliphatic heterocycles. The van der Waals surface area contributed by atoms with Crippen molar-refractivity contribution in [3.63, 3.8) is 0 Å². The van der Waals surface area contributed by atoms with Crippen molar-refractivity contribution >= 4 is 11.5 Å². The summed E-state index contributed by atoms with van der Waals surface area (Å²) in [6.07, 6.45) is 2.25. The molecule has 3 aromatic rings. The van der Waals surface area contributed by atoms with Crippen molar-refractivity contribution in [3.05, 3.63) is 54.1 Å². The van der Waals surface area contributed by atoms with Crippen LogP contribution in [0.1, 0.15) is 32.8 Å². The van der Waals surface area contributed by atoms with E-state index >= 15 is 0 Å². The zero-order valence-electron chi connectivity index (χ0n) is 15.0. The van der Waals surface area contributed by atoms with Gasteiger partial charge in [0.1, 0.15) is 5.82 Å². The Morgan fingerprint density at radius 3 is 2.69 bits per heavy atom. The molecule has 0 bridgehead atoms. The second-order valence-corrected chi connectivity index (χ2v) is 6.17. The van der Waals surface area contributed by atoms with Crippen LogP contribution >= 0.6 is 0 Å². The van der Waals surface area contributed by atoms with Crippen LogP contribution in [0.4, 0.5) is 10.2 Å². The van der Waals surface area contributed by atoms with Gasteiger partial charge in [-0.1, -0.05) is 13.0 Å². The molecule has 0 fully saturated rings. The molecule has 0 aromatic carbocycles. The van der Waals surface area contributed by atoms with E-state index < -0.39 is 5.95 Å². The first-order valence-electron chi connectivity index (χ1n) is 8.52. The van der Waals surface area contributed by atoms with E-state index in [1.54, 1.807) is 29.1 Å². The molecule has 2 N–H and O–H groups in total. The second-order valence-electron chi connectivity index (χ2n) is 6.17. The first-order valence-corrected chi connectivity index (χ1v) is 8.52. The molecule has 0 aliphatic carbocycles. The maximum absolute atomic E-state index is 13.5. The summed E-state index contributed by atoms with van der Waals surface area (Å²) in [5.41, 5.74) is 2.67. The molecule has 0 unspecified atom stereocenters. The summed E-state index contributed by atoms with van der Waals surface area (Å²) >= 11 is 0. The summed E-state index contributed by atoms with van der Waals surface area (Å²) in [5, 5.41) is 15.7. The first kappa shape index (κ1) is 17.7. The number of rotatable bonds is 6. The average Bonchev–Trinajstić information content (AvgIpc) is 3.10. The van der Waals surface area contributed by atoms with Crippen LogP contribution in [0.25, 0.3) is 17.2 Å². The molecule has 26 heavy (non-hydrogen) atoms. The van der Waals surface area contributed by atoms with E-state index in [4.69, 9.17) is 10.4 Å². The Kier molecular flexibility index (Phi) is 5.06. The van der Waals surface area contributed by atoms with E-state index in [0.29, 0.717) is 35.2 Å². The summed E-state index contributed by atoms with van der Waals surface area (Å²) in [6.45, 7) is 5.99. The van der Waals surface area contributed by atoms with Crippen LogP contribution in [0.5, 0.6) is 0 Å². The zero-order valence-corrected chi connectivity index (χ0v) is 15.0. The van der Waals surface area contributed by atoms with E-state index in [1.165, 1.54) is 6.07 Å². The smallest absolute Gasteiger partial charge is 0.214 e. The Balaban J connectivity index is 2.08. The van der Waals surface area contributed by atoms with Crippen molar-refractivity contribution in [1.29, 1.82) is 5.41 Å². The Hall–Kier alpha value is -3.09. The number of hydrogen-bond donors (Lipinski definition) is 2. The van der Waals surface area contributed by atoms with Gasteiger partial charge in [0.05, 0.1) is 17.6 Å². The third-order valence-corrected chi connectivity index (χ3v) is 3.82. The average molecular weight is 352 g/mol. The lowest BCUT2D eigenvalue weighted by molar-refractivity contribution is 0.578. The van der Waals surface area contributed by atoms with Crippen LogP contribution in [0.3, 0.4) is 0 Å². The number of halogens is 1. The van der Waals surface area contributed by atoms with Gasteiger partial charge in [-0.05, 0) is 50.6 Å². The van der Waals surface area contributed by atoms with E-state index in [-0.39, 0.29) is 6.04 Å². The van der Waals surface area contributed by atoms with Crippen molar-refractivity contribution < 1.29 is 4.39 Å². The van der Waals surface area contributed by atoms with Crippen LogP contribution in [-0.2, 0) is 0 Å². The van der Waals surface area contributed by atoms with E-state index in [9.17, 15) is 4.39 Å². The van der Waals surface area contributed by atoms with Crippen molar-refractivity contribution in [2.75, 3.05) is 5.32 Å². The molecule has 0 spiro atoms. The highest BCUT2D eigenvalue weighted by molar-refractivity contribution is 6.02. The lowest BCUT2D eigenvalue weighted by Gasteiger charge is -2.16. The van der Waals surface area contributed by atoms with Crippen LogP contribution in [0.2, 0.25) is 0 Å². The Morgan fingerprint density at radius 2 is 2.00 bits per heavy atom. The minimum atomic E-state index is -0.564. The fraction of sp³-hybridized carbons (Fsp3) is 0.263. The Labute approximate surface area is 151 Å². The summed E-state index contributed by atoms with van der Waals surface area (Å²) < 4.78 is 15.0. The van der Waals surface area contributed by atoms with Gasteiger partial charge in [0, 0.05) is 17.3 Å². The van der Waals surface area contributed by atoms with Crippen LogP contribution in [0.15, 0.2) is 42.6 Å². The molecule has 134 valence electrons. The highest BCUT2D eigenvalue weighted by Gasteiger charge is 2.15. The number of hydrogen-bond acceptors (Lipinski definition) is 5. The van der Waals surface area contributed by atoms with Gasteiger partial charge in [-0.15, -0.1) is 0 Å². The third-order valence-electron chi connectivity index (χ3n) is 3.82. The van der Waals surface area contributed by atoms with Crippen molar-refractivity contribution in [3.8, 4) is 17.2 Å². The molecule has 0 saturated carbocycles. The van der Waals surface area contributed by atoms with Crippen molar-refractivity contribution in [2.45, 2.75) is 33.2 Å². The topological polar surface area (TPSA) is 79.5 Å². The Morgan fingerprint density at radius 1 is 1.19 bits per heavy atom. The van der Waals surface area contributed by atoms with Crippen LogP contribution in [-0.4, -0.2) is 31.5 Å². The highest BCUT2D eigenvalue weighted by Crippen LogP contribution is 2.25. The van der Waals surface area contributed by atoms with Crippen molar-refractivity contribution in [2.24, 2.45) is 0 Å². The molecular formula is C19H21FN6. The fourth-order valence-electron chi connectivity index (χ4n) is 2.61. The molecule has 0 saturated heterocycles. The van der Waals surface area contributed by atoms with E-state index in [2.05, 4.69) is 15.4 Å². The van der Waals surface area contributed by atoms with Gasteiger partial charge in [-0.3, -0.25) is 0 Å². The number of nitrogens with one attached hydrogen (secondary N) is 2. The molecule has 7 heteroatoms. The van der Waals surface area contributed by atoms with E-state index in [1.807, 2.05) is 32.9 Å². The highest BCUT2D eigenvalue weighted by atomic mass is 19.1. The molecule has 0 atom stereocenters. The van der Waals surface area contributed by atoms with Gasteiger partial charge in [-0.2, -0.15) is 9.49 Å². The normalized spacial score (nSPS) is 11.0. The largest absolute Gasteiger partial charge is 0.367 e. The van der Waals surface area contributed by atoms with Crippen LogP contribution < -0.4 is 5.32 Å². The molecule has 3 aromatic heterocycles.